The molecule has 1 amide bonds. The van der Waals surface area contributed by atoms with Crippen LogP contribution in [0, 0.1) is 6.92 Å². The minimum atomic E-state index is -3.84. The predicted octanol–water partition coefficient (Wildman–Crippen LogP) is 3.23. The molecule has 1 unspecified atom stereocenters. The van der Waals surface area contributed by atoms with Crippen molar-refractivity contribution in [3.05, 3.63) is 58.6 Å². The lowest BCUT2D eigenvalue weighted by molar-refractivity contribution is -0.119. The summed E-state index contributed by atoms with van der Waals surface area (Å²) in [6.07, 6.45) is 0.987. The molecular weight excluding hydrogens is 416 g/mol. The van der Waals surface area contributed by atoms with E-state index in [1.165, 1.54) is 41.7 Å². The van der Waals surface area contributed by atoms with Crippen molar-refractivity contribution >= 4 is 39.2 Å². The van der Waals surface area contributed by atoms with E-state index in [-0.39, 0.29) is 11.4 Å². The van der Waals surface area contributed by atoms with Gasteiger partial charge in [0.05, 0.1) is 17.6 Å². The molecule has 0 aromatic heterocycles. The Hall–Kier alpha value is -2.42. The van der Waals surface area contributed by atoms with Crippen molar-refractivity contribution in [1.29, 1.82) is 0 Å². The number of hydrogen-bond acceptors (Lipinski definition) is 5. The zero-order chi connectivity index (χ0) is 21.2. The van der Waals surface area contributed by atoms with E-state index in [2.05, 4.69) is 5.32 Å². The molecule has 1 atom stereocenters. The van der Waals surface area contributed by atoms with Gasteiger partial charge in [0, 0.05) is 17.3 Å². The lowest BCUT2D eigenvalue weighted by atomic mass is 10.1. The lowest BCUT2D eigenvalue weighted by Gasteiger charge is -2.24. The molecule has 1 aliphatic heterocycles. The number of halogens is 1. The summed E-state index contributed by atoms with van der Waals surface area (Å²) in [6.45, 7) is 2.04. The first kappa shape index (κ1) is 21.3. The molecule has 0 radical (unpaired) electrons. The fourth-order valence-corrected chi connectivity index (χ4v) is 5.03. The minimum absolute atomic E-state index is 0.0884. The SMILES string of the molecule is COC(=O)c1ccc(C)c(NC(=O)C2CCCN2S(=O)(=O)c2ccc(Cl)cc2)c1. The van der Waals surface area contributed by atoms with Crippen molar-refractivity contribution in [3.8, 4) is 0 Å². The summed E-state index contributed by atoms with van der Waals surface area (Å²) in [6, 6.07) is 9.83. The number of benzene rings is 2. The lowest BCUT2D eigenvalue weighted by Crippen LogP contribution is -2.43. The number of rotatable bonds is 5. The highest BCUT2D eigenvalue weighted by molar-refractivity contribution is 7.89. The van der Waals surface area contributed by atoms with Crippen LogP contribution < -0.4 is 5.32 Å². The molecule has 2 aromatic carbocycles. The monoisotopic (exact) mass is 436 g/mol. The fourth-order valence-electron chi connectivity index (χ4n) is 3.25. The number of aryl methyl sites for hydroxylation is 1. The smallest absolute Gasteiger partial charge is 0.337 e. The Morgan fingerprint density at radius 3 is 2.52 bits per heavy atom. The molecule has 1 fully saturated rings. The van der Waals surface area contributed by atoms with Crippen molar-refractivity contribution in [1.82, 2.24) is 4.31 Å². The molecule has 1 N–H and O–H groups in total. The van der Waals surface area contributed by atoms with Gasteiger partial charge < -0.3 is 10.1 Å². The van der Waals surface area contributed by atoms with Gasteiger partial charge in [-0.1, -0.05) is 17.7 Å². The highest BCUT2D eigenvalue weighted by Crippen LogP contribution is 2.28. The van der Waals surface area contributed by atoms with Crippen molar-refractivity contribution in [2.45, 2.75) is 30.7 Å². The number of sulfonamides is 1. The summed E-state index contributed by atoms with van der Waals surface area (Å²) in [5, 5.41) is 3.19. The summed E-state index contributed by atoms with van der Waals surface area (Å²) in [7, 11) is -2.56. The van der Waals surface area contributed by atoms with Crippen LogP contribution in [0.5, 0.6) is 0 Å². The maximum atomic E-state index is 13.0. The first-order valence-corrected chi connectivity index (χ1v) is 10.8. The Bertz CT molecular complexity index is 1040. The maximum absolute atomic E-state index is 13.0. The molecule has 1 saturated heterocycles. The number of carbonyl (C=O) groups is 2. The van der Waals surface area contributed by atoms with Gasteiger partial charge in [0.25, 0.3) is 0 Å². The van der Waals surface area contributed by atoms with Crippen LogP contribution in [0.2, 0.25) is 5.02 Å². The molecule has 1 heterocycles. The number of hydrogen-bond donors (Lipinski definition) is 1. The second-order valence-electron chi connectivity index (χ2n) is 6.74. The van der Waals surface area contributed by atoms with Crippen molar-refractivity contribution in [3.63, 3.8) is 0 Å². The number of ether oxygens (including phenoxy) is 1. The van der Waals surface area contributed by atoms with Gasteiger partial charge in [-0.15, -0.1) is 0 Å². The van der Waals surface area contributed by atoms with E-state index in [1.807, 2.05) is 0 Å². The molecule has 29 heavy (non-hydrogen) atoms. The van der Waals surface area contributed by atoms with E-state index in [0.717, 1.165) is 5.56 Å². The number of esters is 1. The Labute approximate surface area is 174 Å². The van der Waals surface area contributed by atoms with Crippen LogP contribution in [-0.2, 0) is 19.6 Å². The largest absolute Gasteiger partial charge is 0.465 e. The standard InChI is InChI=1S/C20H21ClN2O5S/c1-13-5-6-14(20(25)28-2)12-17(13)22-19(24)18-4-3-11-23(18)29(26,27)16-9-7-15(21)8-10-16/h5-10,12,18H,3-4,11H2,1-2H3,(H,22,24). The second kappa shape index (κ2) is 8.52. The molecule has 1 aliphatic rings. The summed E-state index contributed by atoms with van der Waals surface area (Å²) in [4.78, 5) is 24.7. The summed E-state index contributed by atoms with van der Waals surface area (Å²) >= 11 is 5.85. The van der Waals surface area contributed by atoms with Gasteiger partial charge in [0.15, 0.2) is 0 Å². The number of amides is 1. The van der Waals surface area contributed by atoms with Gasteiger partial charge in [-0.05, 0) is 61.7 Å². The van der Waals surface area contributed by atoms with Crippen molar-refractivity contribution in [2.75, 3.05) is 19.0 Å². The van der Waals surface area contributed by atoms with E-state index in [4.69, 9.17) is 16.3 Å². The third-order valence-electron chi connectivity index (χ3n) is 4.84. The van der Waals surface area contributed by atoms with Crippen LogP contribution in [-0.4, -0.2) is 44.3 Å². The van der Waals surface area contributed by atoms with E-state index < -0.39 is 27.9 Å². The first-order valence-electron chi connectivity index (χ1n) is 9.01. The fraction of sp³-hybridized carbons (Fsp3) is 0.300. The van der Waals surface area contributed by atoms with Gasteiger partial charge >= 0.3 is 5.97 Å². The van der Waals surface area contributed by atoms with E-state index in [1.54, 1.807) is 19.1 Å². The zero-order valence-electron chi connectivity index (χ0n) is 16.0. The summed E-state index contributed by atoms with van der Waals surface area (Å²) in [5.74, 6) is -0.960. The topological polar surface area (TPSA) is 92.8 Å². The molecule has 3 rings (SSSR count). The highest BCUT2D eigenvalue weighted by Gasteiger charge is 2.39. The van der Waals surface area contributed by atoms with Crippen LogP contribution >= 0.6 is 11.6 Å². The van der Waals surface area contributed by atoms with E-state index in [9.17, 15) is 18.0 Å². The number of methoxy groups -OCH3 is 1. The Kier molecular flexibility index (Phi) is 6.26. The Morgan fingerprint density at radius 1 is 1.17 bits per heavy atom. The van der Waals surface area contributed by atoms with Crippen LogP contribution in [0.3, 0.4) is 0 Å². The normalized spacial score (nSPS) is 17.1. The number of nitrogens with zero attached hydrogens (tertiary/aromatic N) is 1. The zero-order valence-corrected chi connectivity index (χ0v) is 17.6. The molecule has 7 nitrogen and oxygen atoms in total. The maximum Gasteiger partial charge on any atom is 0.337 e. The molecule has 9 heteroatoms. The van der Waals surface area contributed by atoms with Crippen molar-refractivity contribution in [2.24, 2.45) is 0 Å². The van der Waals surface area contributed by atoms with Crippen LogP contribution in [0.25, 0.3) is 0 Å². The number of carbonyl (C=O) groups excluding carboxylic acids is 2. The van der Waals surface area contributed by atoms with E-state index in [0.29, 0.717) is 29.1 Å². The van der Waals surface area contributed by atoms with Gasteiger partial charge in [-0.25, -0.2) is 13.2 Å². The third kappa shape index (κ3) is 4.44. The van der Waals surface area contributed by atoms with Crippen molar-refractivity contribution < 1.29 is 22.7 Å². The molecular formula is C20H21ClN2O5S. The summed E-state index contributed by atoms with van der Waals surface area (Å²) in [5.41, 5.74) is 1.48. The van der Waals surface area contributed by atoms with Gasteiger partial charge in [-0.3, -0.25) is 4.79 Å². The van der Waals surface area contributed by atoms with Crippen LogP contribution in [0.1, 0.15) is 28.8 Å². The molecule has 0 spiro atoms. The number of nitrogens with one attached hydrogen (secondary N) is 1. The minimum Gasteiger partial charge on any atom is -0.465 e. The second-order valence-corrected chi connectivity index (χ2v) is 9.07. The molecule has 0 aliphatic carbocycles. The van der Waals surface area contributed by atoms with Gasteiger partial charge in [0.1, 0.15) is 6.04 Å². The van der Waals surface area contributed by atoms with Crippen LogP contribution in [0.4, 0.5) is 5.69 Å². The highest BCUT2D eigenvalue weighted by atomic mass is 35.5. The average molecular weight is 437 g/mol. The molecule has 2 aromatic rings. The third-order valence-corrected chi connectivity index (χ3v) is 7.02. The van der Waals surface area contributed by atoms with Crippen LogP contribution in [0.15, 0.2) is 47.4 Å². The van der Waals surface area contributed by atoms with E-state index >= 15 is 0 Å². The first-order chi connectivity index (χ1) is 13.7. The van der Waals surface area contributed by atoms with Gasteiger partial charge in [-0.2, -0.15) is 4.31 Å². The quantitative estimate of drug-likeness (QED) is 0.726. The summed E-state index contributed by atoms with van der Waals surface area (Å²) < 4.78 is 31.9. The predicted molar refractivity (Wildman–Crippen MR) is 110 cm³/mol. The number of anilines is 1. The Balaban J connectivity index is 1.84. The van der Waals surface area contributed by atoms with Gasteiger partial charge in [0.2, 0.25) is 15.9 Å². The molecule has 0 bridgehead atoms. The average Bonchev–Trinajstić information content (AvgIpc) is 3.20. The molecule has 0 saturated carbocycles. The molecule has 154 valence electrons. The Morgan fingerprint density at radius 2 is 1.86 bits per heavy atom.